The minimum absolute atomic E-state index is 0.161. The number of carbonyl (C=O) groups excluding carboxylic acids is 1. The Kier molecular flexibility index (Phi) is 4.59. The van der Waals surface area contributed by atoms with E-state index >= 15 is 0 Å². The van der Waals surface area contributed by atoms with Crippen LogP contribution < -0.4 is 11.1 Å². The molecule has 0 atom stereocenters. The number of hydrogen-bond donors (Lipinski definition) is 2. The van der Waals surface area contributed by atoms with Gasteiger partial charge in [0.15, 0.2) is 9.84 Å². The molecular formula is C15H16N2O3S. The van der Waals surface area contributed by atoms with E-state index in [1.54, 1.807) is 54.6 Å². The number of nitrogens with one attached hydrogen (secondary N) is 1. The molecule has 1 amide bonds. The monoisotopic (exact) mass is 304 g/mol. The molecule has 0 aliphatic heterocycles. The summed E-state index contributed by atoms with van der Waals surface area (Å²) in [6, 6.07) is 15.5. The van der Waals surface area contributed by atoms with E-state index < -0.39 is 21.5 Å². The van der Waals surface area contributed by atoms with Crippen molar-refractivity contribution in [2.45, 2.75) is 5.75 Å². The molecule has 0 spiro atoms. The number of amides is 1. The summed E-state index contributed by atoms with van der Waals surface area (Å²) >= 11 is 0. The smallest absolute Gasteiger partial charge is 0.239 e. The molecule has 0 aliphatic carbocycles. The highest BCUT2D eigenvalue weighted by molar-refractivity contribution is 7.91. The van der Waals surface area contributed by atoms with Crippen LogP contribution in [0.15, 0.2) is 54.6 Å². The Morgan fingerprint density at radius 3 is 2.29 bits per heavy atom. The van der Waals surface area contributed by atoms with Crippen molar-refractivity contribution in [3.63, 3.8) is 0 Å². The third-order valence-electron chi connectivity index (χ3n) is 2.82. The number of sulfone groups is 1. The fourth-order valence-electron chi connectivity index (χ4n) is 1.88. The van der Waals surface area contributed by atoms with Gasteiger partial charge in [-0.3, -0.25) is 4.79 Å². The van der Waals surface area contributed by atoms with Crippen molar-refractivity contribution in [3.05, 3.63) is 60.2 Å². The third kappa shape index (κ3) is 4.61. The highest BCUT2D eigenvalue weighted by Gasteiger charge is 2.17. The van der Waals surface area contributed by atoms with Gasteiger partial charge in [-0.2, -0.15) is 0 Å². The highest BCUT2D eigenvalue weighted by Crippen LogP contribution is 2.16. The van der Waals surface area contributed by atoms with Crippen LogP contribution in [0.1, 0.15) is 5.56 Å². The summed E-state index contributed by atoms with van der Waals surface area (Å²) in [5.74, 6) is -1.33. The topological polar surface area (TPSA) is 89.3 Å². The molecule has 0 saturated heterocycles. The fourth-order valence-corrected chi connectivity index (χ4v) is 3.15. The zero-order valence-corrected chi connectivity index (χ0v) is 12.1. The van der Waals surface area contributed by atoms with Crippen molar-refractivity contribution in [2.75, 3.05) is 16.8 Å². The van der Waals surface area contributed by atoms with Crippen LogP contribution in [-0.2, 0) is 20.4 Å². The van der Waals surface area contributed by atoms with Gasteiger partial charge in [-0.1, -0.05) is 42.5 Å². The normalized spacial score (nSPS) is 11.0. The number of nitrogen functional groups attached to an aromatic ring is 1. The second kappa shape index (κ2) is 6.41. The largest absolute Gasteiger partial charge is 0.397 e. The molecule has 0 fully saturated rings. The lowest BCUT2D eigenvalue weighted by Gasteiger charge is -2.08. The van der Waals surface area contributed by atoms with Crippen molar-refractivity contribution >= 4 is 27.1 Å². The average molecular weight is 304 g/mol. The summed E-state index contributed by atoms with van der Waals surface area (Å²) in [5, 5.41) is 2.51. The maximum Gasteiger partial charge on any atom is 0.239 e. The molecule has 2 rings (SSSR count). The average Bonchev–Trinajstić information content (AvgIpc) is 2.41. The Hall–Kier alpha value is -2.34. The van der Waals surface area contributed by atoms with Gasteiger partial charge in [-0.25, -0.2) is 8.42 Å². The highest BCUT2D eigenvalue weighted by atomic mass is 32.2. The van der Waals surface area contributed by atoms with E-state index in [9.17, 15) is 13.2 Å². The van der Waals surface area contributed by atoms with Gasteiger partial charge in [-0.15, -0.1) is 0 Å². The molecule has 0 aromatic heterocycles. The lowest BCUT2D eigenvalue weighted by molar-refractivity contribution is -0.113. The van der Waals surface area contributed by atoms with Crippen LogP contribution >= 0.6 is 0 Å². The van der Waals surface area contributed by atoms with Gasteiger partial charge in [0.1, 0.15) is 5.75 Å². The van der Waals surface area contributed by atoms with Gasteiger partial charge in [0.2, 0.25) is 5.91 Å². The number of benzene rings is 2. The molecular weight excluding hydrogens is 288 g/mol. The fraction of sp³-hybridized carbons (Fsp3) is 0.133. The molecule has 0 aliphatic rings. The Morgan fingerprint density at radius 2 is 1.62 bits per heavy atom. The van der Waals surface area contributed by atoms with Gasteiger partial charge >= 0.3 is 0 Å². The summed E-state index contributed by atoms with van der Waals surface area (Å²) in [7, 11) is -3.52. The van der Waals surface area contributed by atoms with E-state index in [0.29, 0.717) is 16.9 Å². The zero-order chi connectivity index (χ0) is 15.3. The van der Waals surface area contributed by atoms with E-state index in [4.69, 9.17) is 5.73 Å². The molecule has 2 aromatic carbocycles. The van der Waals surface area contributed by atoms with Gasteiger partial charge in [0, 0.05) is 0 Å². The van der Waals surface area contributed by atoms with Crippen molar-refractivity contribution in [1.82, 2.24) is 0 Å². The molecule has 0 unspecified atom stereocenters. The Morgan fingerprint density at radius 1 is 1.00 bits per heavy atom. The van der Waals surface area contributed by atoms with Crippen molar-refractivity contribution in [3.8, 4) is 0 Å². The first-order chi connectivity index (χ1) is 9.96. The van der Waals surface area contributed by atoms with Crippen molar-refractivity contribution in [2.24, 2.45) is 0 Å². The number of anilines is 2. The van der Waals surface area contributed by atoms with E-state index in [1.165, 1.54) is 0 Å². The van der Waals surface area contributed by atoms with Crippen molar-refractivity contribution in [1.29, 1.82) is 0 Å². The van der Waals surface area contributed by atoms with Crippen LogP contribution in [0.5, 0.6) is 0 Å². The van der Waals surface area contributed by atoms with Gasteiger partial charge < -0.3 is 11.1 Å². The molecule has 6 heteroatoms. The number of hydrogen-bond acceptors (Lipinski definition) is 4. The first-order valence-corrected chi connectivity index (χ1v) is 8.17. The number of carbonyl (C=O) groups is 1. The van der Waals surface area contributed by atoms with Crippen LogP contribution in [0, 0.1) is 0 Å². The quantitative estimate of drug-likeness (QED) is 0.825. The number of rotatable bonds is 5. The zero-order valence-electron chi connectivity index (χ0n) is 11.3. The Bertz CT molecular complexity index is 728. The summed E-state index contributed by atoms with van der Waals surface area (Å²) in [6.07, 6.45) is 0. The van der Waals surface area contributed by atoms with Crippen LogP contribution in [0.4, 0.5) is 11.4 Å². The van der Waals surface area contributed by atoms with E-state index in [1.807, 2.05) is 0 Å². The first-order valence-electron chi connectivity index (χ1n) is 6.35. The molecule has 0 heterocycles. The number of nitrogens with two attached hydrogens (primary N) is 1. The molecule has 3 N–H and O–H groups in total. The minimum atomic E-state index is -3.52. The van der Waals surface area contributed by atoms with E-state index in [2.05, 4.69) is 5.32 Å². The number of para-hydroxylation sites is 2. The Labute approximate surface area is 123 Å². The molecule has 0 bridgehead atoms. The second-order valence-electron chi connectivity index (χ2n) is 4.65. The third-order valence-corrected chi connectivity index (χ3v) is 4.29. The summed E-state index contributed by atoms with van der Waals surface area (Å²) < 4.78 is 24.0. The maximum atomic E-state index is 12.0. The van der Waals surface area contributed by atoms with E-state index in [0.717, 1.165) is 0 Å². The lowest BCUT2D eigenvalue weighted by atomic mass is 10.2. The van der Waals surface area contributed by atoms with Crippen LogP contribution in [0.2, 0.25) is 0 Å². The Balaban J connectivity index is 2.00. The predicted molar refractivity (Wildman–Crippen MR) is 83.4 cm³/mol. The van der Waals surface area contributed by atoms with Gasteiger partial charge in [-0.05, 0) is 17.7 Å². The van der Waals surface area contributed by atoms with Crippen LogP contribution in [0.3, 0.4) is 0 Å². The standard InChI is InChI=1S/C15H16N2O3S/c16-13-8-4-5-9-14(13)17-15(18)11-21(19,20)10-12-6-2-1-3-7-12/h1-9H,10-11,16H2,(H,17,18). The second-order valence-corrected chi connectivity index (χ2v) is 6.72. The lowest BCUT2D eigenvalue weighted by Crippen LogP contribution is -2.24. The molecule has 0 saturated carbocycles. The summed E-state index contributed by atoms with van der Waals surface area (Å²) in [4.78, 5) is 11.8. The SMILES string of the molecule is Nc1ccccc1NC(=O)CS(=O)(=O)Cc1ccccc1. The van der Waals surface area contributed by atoms with Gasteiger partial charge in [0.25, 0.3) is 0 Å². The van der Waals surface area contributed by atoms with Gasteiger partial charge in [0.05, 0.1) is 17.1 Å². The predicted octanol–water partition coefficient (Wildman–Crippen LogP) is 1.82. The molecule has 0 radical (unpaired) electrons. The van der Waals surface area contributed by atoms with Crippen molar-refractivity contribution < 1.29 is 13.2 Å². The minimum Gasteiger partial charge on any atom is -0.397 e. The summed E-state index contributed by atoms with van der Waals surface area (Å²) in [6.45, 7) is 0. The van der Waals surface area contributed by atoms with E-state index in [-0.39, 0.29) is 5.75 Å². The maximum absolute atomic E-state index is 12.0. The first kappa shape index (κ1) is 15.1. The molecule has 5 nitrogen and oxygen atoms in total. The summed E-state index contributed by atoms with van der Waals surface area (Å²) in [5.41, 5.74) is 7.16. The van der Waals surface area contributed by atoms with Crippen LogP contribution in [-0.4, -0.2) is 20.1 Å². The van der Waals surface area contributed by atoms with Crippen LogP contribution in [0.25, 0.3) is 0 Å². The molecule has 21 heavy (non-hydrogen) atoms. The molecule has 110 valence electrons. The molecule has 2 aromatic rings.